The lowest BCUT2D eigenvalue weighted by Crippen LogP contribution is -2.40. The number of carbonyl (C=O) groups is 1. The molecule has 1 saturated heterocycles. The van der Waals surface area contributed by atoms with Gasteiger partial charge >= 0.3 is 6.03 Å². The van der Waals surface area contributed by atoms with Gasteiger partial charge in [-0.1, -0.05) is 25.1 Å². The number of carbonyl (C=O) groups excluding carboxylic acids is 1. The Morgan fingerprint density at radius 2 is 1.93 bits per heavy atom. The molecule has 0 aliphatic carbocycles. The second-order valence-electron chi connectivity index (χ2n) is 7.33. The number of aromatic nitrogens is 2. The van der Waals surface area contributed by atoms with Crippen molar-refractivity contribution in [2.75, 3.05) is 29.9 Å². The molecule has 1 fully saturated rings. The standard InChI is InChI=1S/C21H27N5O/c1-3-16-8-4-5-9-18(16)24-21(27)26-13-10-19-17(14-26)20(23-15(2)22-19)25-11-6-7-12-25/h4-5,8-9H,3,6-7,10-14H2,1-2H3,(H,24,27). The second-order valence-corrected chi connectivity index (χ2v) is 7.33. The van der Waals surface area contributed by atoms with Crippen molar-refractivity contribution in [2.24, 2.45) is 0 Å². The summed E-state index contributed by atoms with van der Waals surface area (Å²) >= 11 is 0. The summed E-state index contributed by atoms with van der Waals surface area (Å²) in [5.74, 6) is 1.85. The maximum Gasteiger partial charge on any atom is 0.322 e. The van der Waals surface area contributed by atoms with Gasteiger partial charge in [0.1, 0.15) is 11.6 Å². The molecule has 0 bridgehead atoms. The van der Waals surface area contributed by atoms with Crippen molar-refractivity contribution in [2.45, 2.75) is 46.1 Å². The number of hydrogen-bond acceptors (Lipinski definition) is 4. The van der Waals surface area contributed by atoms with E-state index < -0.39 is 0 Å². The molecule has 0 atom stereocenters. The summed E-state index contributed by atoms with van der Waals surface area (Å²) in [6.45, 7) is 7.40. The topological polar surface area (TPSA) is 61.4 Å². The van der Waals surface area contributed by atoms with E-state index in [1.54, 1.807) is 0 Å². The average Bonchev–Trinajstić information content (AvgIpc) is 3.22. The van der Waals surface area contributed by atoms with Crippen LogP contribution in [0.4, 0.5) is 16.3 Å². The van der Waals surface area contributed by atoms with Crippen LogP contribution in [0.2, 0.25) is 0 Å². The minimum Gasteiger partial charge on any atom is -0.356 e. The number of rotatable bonds is 3. The molecule has 0 spiro atoms. The van der Waals surface area contributed by atoms with Gasteiger partial charge in [-0.05, 0) is 37.8 Å². The highest BCUT2D eigenvalue weighted by Gasteiger charge is 2.28. The van der Waals surface area contributed by atoms with Crippen LogP contribution in [0.15, 0.2) is 24.3 Å². The molecule has 2 amide bonds. The number of amides is 2. The molecule has 0 unspecified atom stereocenters. The third-order valence-electron chi connectivity index (χ3n) is 5.48. The highest BCUT2D eigenvalue weighted by Crippen LogP contribution is 2.29. The normalized spacial score (nSPS) is 16.4. The van der Waals surface area contributed by atoms with Crippen molar-refractivity contribution in [3.05, 3.63) is 46.9 Å². The minimum absolute atomic E-state index is 0.0468. The predicted octanol–water partition coefficient (Wildman–Crippen LogP) is 3.54. The molecule has 4 rings (SSSR count). The number of fused-ring (bicyclic) bond motifs is 1. The number of para-hydroxylation sites is 1. The zero-order valence-corrected chi connectivity index (χ0v) is 16.2. The number of anilines is 2. The fraction of sp³-hybridized carbons (Fsp3) is 0.476. The van der Waals surface area contributed by atoms with Crippen molar-refractivity contribution in [3.63, 3.8) is 0 Å². The summed E-state index contributed by atoms with van der Waals surface area (Å²) in [7, 11) is 0. The lowest BCUT2D eigenvalue weighted by Gasteiger charge is -2.31. The summed E-state index contributed by atoms with van der Waals surface area (Å²) in [6.07, 6.45) is 4.08. The van der Waals surface area contributed by atoms with E-state index in [4.69, 9.17) is 4.98 Å². The van der Waals surface area contributed by atoms with Crippen LogP contribution in [0.25, 0.3) is 0 Å². The number of aryl methyl sites for hydroxylation is 2. The third-order valence-corrected chi connectivity index (χ3v) is 5.48. The van der Waals surface area contributed by atoms with Crippen LogP contribution in [-0.4, -0.2) is 40.5 Å². The number of benzene rings is 1. The van der Waals surface area contributed by atoms with E-state index in [9.17, 15) is 4.79 Å². The van der Waals surface area contributed by atoms with E-state index in [0.29, 0.717) is 13.1 Å². The fourth-order valence-electron chi connectivity index (χ4n) is 4.03. The largest absolute Gasteiger partial charge is 0.356 e. The van der Waals surface area contributed by atoms with Crippen LogP contribution < -0.4 is 10.2 Å². The molecular weight excluding hydrogens is 338 g/mol. The van der Waals surface area contributed by atoms with E-state index in [-0.39, 0.29) is 6.03 Å². The highest BCUT2D eigenvalue weighted by atomic mass is 16.2. The molecule has 0 saturated carbocycles. The first kappa shape index (κ1) is 17.8. The van der Waals surface area contributed by atoms with Crippen LogP contribution in [-0.2, 0) is 19.4 Å². The Labute approximate surface area is 160 Å². The Hall–Kier alpha value is -2.63. The van der Waals surface area contributed by atoms with E-state index in [0.717, 1.165) is 60.1 Å². The highest BCUT2D eigenvalue weighted by molar-refractivity contribution is 5.90. The van der Waals surface area contributed by atoms with Gasteiger partial charge in [-0.2, -0.15) is 0 Å². The van der Waals surface area contributed by atoms with Gasteiger partial charge in [0, 0.05) is 37.3 Å². The maximum atomic E-state index is 12.9. The van der Waals surface area contributed by atoms with Crippen molar-refractivity contribution in [1.82, 2.24) is 14.9 Å². The molecule has 27 heavy (non-hydrogen) atoms. The molecule has 1 aromatic carbocycles. The van der Waals surface area contributed by atoms with E-state index in [1.807, 2.05) is 30.0 Å². The number of urea groups is 1. The Bertz CT molecular complexity index is 844. The van der Waals surface area contributed by atoms with E-state index in [1.165, 1.54) is 12.8 Å². The van der Waals surface area contributed by atoms with Gasteiger partial charge in [-0.15, -0.1) is 0 Å². The molecule has 1 aromatic heterocycles. The number of hydrogen-bond donors (Lipinski definition) is 1. The molecule has 6 nitrogen and oxygen atoms in total. The monoisotopic (exact) mass is 365 g/mol. The maximum absolute atomic E-state index is 12.9. The third kappa shape index (κ3) is 3.61. The lowest BCUT2D eigenvalue weighted by atomic mass is 10.1. The summed E-state index contributed by atoms with van der Waals surface area (Å²) < 4.78 is 0. The van der Waals surface area contributed by atoms with Gasteiger partial charge in [0.25, 0.3) is 0 Å². The molecule has 2 aromatic rings. The number of nitrogens with zero attached hydrogens (tertiary/aromatic N) is 4. The first-order valence-corrected chi connectivity index (χ1v) is 9.91. The lowest BCUT2D eigenvalue weighted by molar-refractivity contribution is 0.206. The van der Waals surface area contributed by atoms with Crippen LogP contribution in [0.1, 0.15) is 42.4 Å². The molecule has 142 valence electrons. The van der Waals surface area contributed by atoms with Crippen molar-refractivity contribution in [3.8, 4) is 0 Å². The van der Waals surface area contributed by atoms with Crippen LogP contribution in [0.5, 0.6) is 0 Å². The fourth-order valence-corrected chi connectivity index (χ4v) is 4.03. The number of nitrogens with one attached hydrogen (secondary N) is 1. The van der Waals surface area contributed by atoms with Gasteiger partial charge in [0.05, 0.1) is 12.2 Å². The SMILES string of the molecule is CCc1ccccc1NC(=O)N1CCc2nc(C)nc(N3CCCC3)c2C1. The molecule has 3 heterocycles. The zero-order valence-electron chi connectivity index (χ0n) is 16.2. The van der Waals surface area contributed by atoms with Crippen LogP contribution in [0, 0.1) is 6.92 Å². The Kier molecular flexibility index (Phi) is 4.97. The summed E-state index contributed by atoms with van der Waals surface area (Å²) in [4.78, 5) is 26.5. The van der Waals surface area contributed by atoms with E-state index in [2.05, 4.69) is 28.2 Å². The smallest absolute Gasteiger partial charge is 0.322 e. The second kappa shape index (κ2) is 7.55. The first-order valence-electron chi connectivity index (χ1n) is 9.91. The zero-order chi connectivity index (χ0) is 18.8. The summed E-state index contributed by atoms with van der Waals surface area (Å²) in [5, 5.41) is 3.09. The average molecular weight is 365 g/mol. The van der Waals surface area contributed by atoms with Gasteiger partial charge in [-0.25, -0.2) is 14.8 Å². The molecule has 2 aliphatic heterocycles. The van der Waals surface area contributed by atoms with Gasteiger partial charge in [0.2, 0.25) is 0 Å². The predicted molar refractivity (Wildman–Crippen MR) is 107 cm³/mol. The van der Waals surface area contributed by atoms with E-state index >= 15 is 0 Å². The quantitative estimate of drug-likeness (QED) is 0.904. The first-order chi connectivity index (χ1) is 13.2. The van der Waals surface area contributed by atoms with Gasteiger partial charge in [-0.3, -0.25) is 0 Å². The minimum atomic E-state index is -0.0468. The van der Waals surface area contributed by atoms with Crippen molar-refractivity contribution < 1.29 is 4.79 Å². The molecule has 0 radical (unpaired) electrons. The molecule has 6 heteroatoms. The Morgan fingerprint density at radius 3 is 2.70 bits per heavy atom. The van der Waals surface area contributed by atoms with Crippen LogP contribution >= 0.6 is 0 Å². The Balaban J connectivity index is 1.56. The van der Waals surface area contributed by atoms with Crippen molar-refractivity contribution >= 4 is 17.5 Å². The molecule has 1 N–H and O–H groups in total. The molecule has 2 aliphatic rings. The van der Waals surface area contributed by atoms with Crippen LogP contribution in [0.3, 0.4) is 0 Å². The Morgan fingerprint density at radius 1 is 1.15 bits per heavy atom. The van der Waals surface area contributed by atoms with Gasteiger partial charge < -0.3 is 15.1 Å². The summed E-state index contributed by atoms with van der Waals surface area (Å²) in [6, 6.07) is 7.95. The van der Waals surface area contributed by atoms with Crippen molar-refractivity contribution in [1.29, 1.82) is 0 Å². The van der Waals surface area contributed by atoms with Gasteiger partial charge in [0.15, 0.2) is 0 Å². The summed E-state index contributed by atoms with van der Waals surface area (Å²) in [5.41, 5.74) is 4.27. The molecular formula is C21H27N5O.